The molecule has 4 rings (SSSR count). The monoisotopic (exact) mass is 378 g/mol. The van der Waals surface area contributed by atoms with Crippen molar-refractivity contribution in [1.29, 1.82) is 0 Å². The number of nitrogens with one attached hydrogen (secondary N) is 1. The molecule has 1 saturated heterocycles. The van der Waals surface area contributed by atoms with E-state index >= 15 is 0 Å². The van der Waals surface area contributed by atoms with Gasteiger partial charge in [0.15, 0.2) is 0 Å². The minimum Gasteiger partial charge on any atom is -0.348 e. The van der Waals surface area contributed by atoms with Gasteiger partial charge in [0, 0.05) is 24.0 Å². The Balaban J connectivity index is 1.47. The van der Waals surface area contributed by atoms with E-state index in [1.165, 1.54) is 0 Å². The smallest absolute Gasteiger partial charge is 0.270 e. The van der Waals surface area contributed by atoms with Crippen molar-refractivity contribution in [2.24, 2.45) is 5.41 Å². The van der Waals surface area contributed by atoms with E-state index in [1.54, 1.807) is 6.07 Å². The quantitative estimate of drug-likeness (QED) is 0.890. The van der Waals surface area contributed by atoms with Gasteiger partial charge in [-0.2, -0.15) is 0 Å². The van der Waals surface area contributed by atoms with Gasteiger partial charge in [-0.05, 0) is 63.8 Å². The number of anilines is 1. The van der Waals surface area contributed by atoms with Crippen LogP contribution in [0, 0.1) is 19.3 Å². The third kappa shape index (κ3) is 3.51. The molecule has 0 radical (unpaired) electrons. The molecule has 146 valence electrons. The summed E-state index contributed by atoms with van der Waals surface area (Å²) < 4.78 is 0. The molecule has 28 heavy (non-hydrogen) atoms. The first-order valence-electron chi connectivity index (χ1n) is 9.97. The molecule has 2 aliphatic rings. The van der Waals surface area contributed by atoms with Gasteiger partial charge in [-0.3, -0.25) is 14.5 Å². The number of nitrogens with zero attached hydrogens (tertiary/aromatic N) is 3. The molecule has 2 aromatic heterocycles. The molecule has 1 spiro atoms. The number of aryl methyl sites for hydroxylation is 2. The number of rotatable bonds is 3. The average molecular weight is 378 g/mol. The number of pyridine rings is 2. The highest BCUT2D eigenvalue weighted by molar-refractivity contribution is 5.99. The number of amides is 2. The molecule has 0 bridgehead atoms. The summed E-state index contributed by atoms with van der Waals surface area (Å²) in [5.41, 5.74) is 1.77. The minimum atomic E-state index is -0.387. The largest absolute Gasteiger partial charge is 0.348 e. The van der Waals surface area contributed by atoms with Crippen LogP contribution in [0.5, 0.6) is 0 Å². The zero-order chi connectivity index (χ0) is 19.7. The average Bonchev–Trinajstić information content (AvgIpc) is 2.97. The molecule has 6 heteroatoms. The van der Waals surface area contributed by atoms with Gasteiger partial charge in [0.25, 0.3) is 5.91 Å². The summed E-state index contributed by atoms with van der Waals surface area (Å²) >= 11 is 0. The van der Waals surface area contributed by atoms with Crippen LogP contribution < -0.4 is 10.2 Å². The fourth-order valence-corrected chi connectivity index (χ4v) is 4.55. The molecule has 1 saturated carbocycles. The predicted molar refractivity (Wildman–Crippen MR) is 107 cm³/mol. The first-order chi connectivity index (χ1) is 13.5. The molecular weight excluding hydrogens is 352 g/mol. The van der Waals surface area contributed by atoms with Crippen molar-refractivity contribution in [3.05, 3.63) is 53.5 Å². The molecule has 6 nitrogen and oxygen atoms in total. The summed E-state index contributed by atoms with van der Waals surface area (Å²) in [5.74, 6) is 0.726. The summed E-state index contributed by atoms with van der Waals surface area (Å²) in [7, 11) is 0. The molecule has 3 heterocycles. The van der Waals surface area contributed by atoms with Gasteiger partial charge >= 0.3 is 0 Å². The van der Waals surface area contributed by atoms with Crippen molar-refractivity contribution in [1.82, 2.24) is 15.3 Å². The van der Waals surface area contributed by atoms with E-state index in [4.69, 9.17) is 0 Å². The third-order valence-corrected chi connectivity index (χ3v) is 5.96. The Hall–Kier alpha value is -2.76. The van der Waals surface area contributed by atoms with E-state index in [0.717, 1.165) is 42.9 Å². The second kappa shape index (κ2) is 7.34. The second-order valence-corrected chi connectivity index (χ2v) is 8.06. The molecule has 1 aliphatic carbocycles. The van der Waals surface area contributed by atoms with Gasteiger partial charge in [0.05, 0.1) is 5.41 Å². The summed E-state index contributed by atoms with van der Waals surface area (Å²) in [6.45, 7) is 4.50. The van der Waals surface area contributed by atoms with Gasteiger partial charge in [-0.1, -0.05) is 18.6 Å². The van der Waals surface area contributed by atoms with Crippen molar-refractivity contribution in [3.8, 4) is 0 Å². The normalized spacial score (nSPS) is 24.6. The van der Waals surface area contributed by atoms with Crippen LogP contribution in [0.25, 0.3) is 0 Å². The van der Waals surface area contributed by atoms with Crippen molar-refractivity contribution in [2.75, 3.05) is 11.4 Å². The Morgan fingerprint density at radius 1 is 1.11 bits per heavy atom. The van der Waals surface area contributed by atoms with Crippen molar-refractivity contribution in [2.45, 2.75) is 52.0 Å². The van der Waals surface area contributed by atoms with Crippen molar-refractivity contribution < 1.29 is 9.59 Å². The van der Waals surface area contributed by atoms with Gasteiger partial charge in [-0.25, -0.2) is 9.97 Å². The van der Waals surface area contributed by atoms with Crippen LogP contribution in [-0.4, -0.2) is 34.4 Å². The van der Waals surface area contributed by atoms with E-state index in [1.807, 2.05) is 49.1 Å². The van der Waals surface area contributed by atoms with E-state index in [9.17, 15) is 9.59 Å². The fraction of sp³-hybridized carbons (Fsp3) is 0.455. The maximum Gasteiger partial charge on any atom is 0.270 e. The van der Waals surface area contributed by atoms with Crippen LogP contribution in [0.1, 0.15) is 54.0 Å². The van der Waals surface area contributed by atoms with Crippen molar-refractivity contribution in [3.63, 3.8) is 0 Å². The van der Waals surface area contributed by atoms with Gasteiger partial charge in [0.1, 0.15) is 11.5 Å². The first-order valence-corrected chi connectivity index (χ1v) is 9.97. The molecule has 1 aliphatic heterocycles. The topological polar surface area (TPSA) is 75.2 Å². The number of carbonyl (C=O) groups is 2. The summed E-state index contributed by atoms with van der Waals surface area (Å²) in [6, 6.07) is 11.2. The van der Waals surface area contributed by atoms with Crippen LogP contribution in [0.4, 0.5) is 5.82 Å². The van der Waals surface area contributed by atoms with Crippen LogP contribution >= 0.6 is 0 Å². The summed E-state index contributed by atoms with van der Waals surface area (Å²) in [6.07, 6.45) is 4.22. The van der Waals surface area contributed by atoms with E-state index in [-0.39, 0.29) is 23.3 Å². The number of carbonyl (C=O) groups excluding carboxylic acids is 2. The summed E-state index contributed by atoms with van der Waals surface area (Å²) in [4.78, 5) is 36.5. The van der Waals surface area contributed by atoms with Crippen LogP contribution in [-0.2, 0) is 4.79 Å². The minimum absolute atomic E-state index is 0.00192. The Bertz CT molecular complexity index is 913. The lowest BCUT2D eigenvalue weighted by Gasteiger charge is -2.36. The number of aromatic nitrogens is 2. The molecule has 2 aromatic rings. The molecule has 1 N–H and O–H groups in total. The molecule has 2 atom stereocenters. The maximum absolute atomic E-state index is 13.3. The van der Waals surface area contributed by atoms with E-state index in [2.05, 4.69) is 15.3 Å². The Morgan fingerprint density at radius 3 is 2.61 bits per heavy atom. The van der Waals surface area contributed by atoms with E-state index in [0.29, 0.717) is 18.7 Å². The van der Waals surface area contributed by atoms with Crippen LogP contribution in [0.3, 0.4) is 0 Å². The highest BCUT2D eigenvalue weighted by Gasteiger charge is 2.50. The number of hydrogen-bond acceptors (Lipinski definition) is 4. The van der Waals surface area contributed by atoms with E-state index < -0.39 is 0 Å². The molecule has 2 amide bonds. The first kappa shape index (κ1) is 18.6. The lowest BCUT2D eigenvalue weighted by atomic mass is 9.71. The molecule has 2 fully saturated rings. The van der Waals surface area contributed by atoms with Gasteiger partial charge in [0.2, 0.25) is 5.91 Å². The Morgan fingerprint density at radius 2 is 1.86 bits per heavy atom. The fourth-order valence-electron chi connectivity index (χ4n) is 4.55. The lowest BCUT2D eigenvalue weighted by Crippen LogP contribution is -2.46. The van der Waals surface area contributed by atoms with Crippen LogP contribution in [0.15, 0.2) is 36.4 Å². The molecule has 0 aromatic carbocycles. The van der Waals surface area contributed by atoms with Crippen molar-refractivity contribution >= 4 is 17.6 Å². The van der Waals surface area contributed by atoms with Gasteiger partial charge in [-0.15, -0.1) is 0 Å². The molecular formula is C22H26N4O2. The Labute approximate surface area is 165 Å². The molecule has 0 unspecified atom stereocenters. The lowest BCUT2D eigenvalue weighted by molar-refractivity contribution is -0.127. The zero-order valence-corrected chi connectivity index (χ0v) is 16.4. The highest BCUT2D eigenvalue weighted by Crippen LogP contribution is 2.45. The highest BCUT2D eigenvalue weighted by atomic mass is 16.2. The zero-order valence-electron chi connectivity index (χ0n) is 16.4. The SMILES string of the molecule is Cc1cccc(C(=O)N[C@@H]2CCC[C@]3(CCN(c4cccc(C)n4)C3=O)C2)n1. The van der Waals surface area contributed by atoms with Gasteiger partial charge < -0.3 is 5.32 Å². The number of hydrogen-bond donors (Lipinski definition) is 1. The predicted octanol–water partition coefficient (Wildman–Crippen LogP) is 3.19. The van der Waals surface area contributed by atoms with Crippen LogP contribution in [0.2, 0.25) is 0 Å². The Kier molecular flexibility index (Phi) is 4.87. The standard InChI is InChI=1S/C22H26N4O2/c1-15-6-3-9-18(23-15)20(27)25-17-8-5-11-22(14-17)12-13-26(21(22)28)19-10-4-7-16(2)24-19/h3-4,6-7,9-10,17H,5,8,11-14H2,1-2H3,(H,25,27)/t17-,22+/m1/s1. The summed E-state index contributed by atoms with van der Waals surface area (Å²) in [5, 5.41) is 3.11. The second-order valence-electron chi connectivity index (χ2n) is 8.06. The maximum atomic E-state index is 13.3. The third-order valence-electron chi connectivity index (χ3n) is 5.96.